The summed E-state index contributed by atoms with van der Waals surface area (Å²) in [6, 6.07) is 14.0. The van der Waals surface area contributed by atoms with E-state index in [4.69, 9.17) is 4.52 Å². The summed E-state index contributed by atoms with van der Waals surface area (Å²) in [5.41, 5.74) is 1.11. The number of nitrogens with one attached hydrogen (secondary N) is 1. The van der Waals surface area contributed by atoms with Gasteiger partial charge in [0.25, 0.3) is 0 Å². The molecule has 35 heavy (non-hydrogen) atoms. The SMILES string of the molecule is CCCCCCCCCCCCc1cc([C@@H](C(=O)Nc2ccc(F)cc2F)c2ccccc2)no1. The van der Waals surface area contributed by atoms with Crippen molar-refractivity contribution in [1.29, 1.82) is 0 Å². The third kappa shape index (κ3) is 8.61. The third-order valence-electron chi connectivity index (χ3n) is 6.23. The Kier molecular flexibility index (Phi) is 10.9. The molecule has 0 spiro atoms. The molecule has 0 aliphatic rings. The van der Waals surface area contributed by atoms with Crippen LogP contribution in [0, 0.1) is 11.6 Å². The first-order valence-corrected chi connectivity index (χ1v) is 12.8. The van der Waals surface area contributed by atoms with E-state index in [0.29, 0.717) is 11.3 Å². The second-order valence-electron chi connectivity index (χ2n) is 9.11. The molecule has 3 rings (SSSR count). The lowest BCUT2D eigenvalue weighted by atomic mass is 9.94. The van der Waals surface area contributed by atoms with Crippen molar-refractivity contribution in [2.45, 2.75) is 83.5 Å². The molecule has 2 aromatic carbocycles. The summed E-state index contributed by atoms with van der Waals surface area (Å²) in [7, 11) is 0. The molecule has 1 amide bonds. The van der Waals surface area contributed by atoms with Crippen LogP contribution in [-0.2, 0) is 11.2 Å². The number of amides is 1. The van der Waals surface area contributed by atoms with Gasteiger partial charge in [-0.1, -0.05) is 100 Å². The van der Waals surface area contributed by atoms with E-state index < -0.39 is 23.5 Å². The Morgan fingerprint density at radius 2 is 1.54 bits per heavy atom. The molecule has 1 atom stereocenters. The van der Waals surface area contributed by atoms with Crippen molar-refractivity contribution in [3.8, 4) is 0 Å². The van der Waals surface area contributed by atoms with E-state index in [1.807, 2.05) is 36.4 Å². The fraction of sp³-hybridized carbons (Fsp3) is 0.448. The summed E-state index contributed by atoms with van der Waals surface area (Å²) in [5.74, 6) is -2.02. The molecule has 0 unspecified atom stereocenters. The first kappa shape index (κ1) is 26.6. The number of rotatable bonds is 15. The Hall–Kier alpha value is -3.02. The number of nitrogens with zero attached hydrogens (tertiary/aromatic N) is 1. The maximum absolute atomic E-state index is 14.1. The minimum Gasteiger partial charge on any atom is -0.361 e. The second-order valence-corrected chi connectivity index (χ2v) is 9.11. The zero-order valence-corrected chi connectivity index (χ0v) is 20.6. The van der Waals surface area contributed by atoms with Gasteiger partial charge in [0.1, 0.15) is 29.0 Å². The Bertz CT molecular complexity index is 1040. The van der Waals surface area contributed by atoms with Gasteiger partial charge in [-0.2, -0.15) is 0 Å². The molecule has 0 saturated heterocycles. The molecule has 0 saturated carbocycles. The van der Waals surface area contributed by atoms with E-state index in [1.165, 1.54) is 57.4 Å². The van der Waals surface area contributed by atoms with Crippen LogP contribution in [-0.4, -0.2) is 11.1 Å². The van der Waals surface area contributed by atoms with Gasteiger partial charge in [0, 0.05) is 18.6 Å². The van der Waals surface area contributed by atoms with Gasteiger partial charge in [-0.05, 0) is 24.1 Å². The van der Waals surface area contributed by atoms with Crippen LogP contribution >= 0.6 is 0 Å². The molecule has 3 aromatic rings. The summed E-state index contributed by atoms with van der Waals surface area (Å²) in [4.78, 5) is 13.2. The molecule has 1 heterocycles. The molecular weight excluding hydrogens is 446 g/mol. The lowest BCUT2D eigenvalue weighted by Crippen LogP contribution is -2.23. The predicted octanol–water partition coefficient (Wildman–Crippen LogP) is 8.19. The molecular formula is C29H36F2N2O2. The highest BCUT2D eigenvalue weighted by Gasteiger charge is 2.27. The smallest absolute Gasteiger partial charge is 0.238 e. The lowest BCUT2D eigenvalue weighted by molar-refractivity contribution is -0.116. The average Bonchev–Trinajstić information content (AvgIpc) is 3.31. The van der Waals surface area contributed by atoms with Crippen molar-refractivity contribution in [2.75, 3.05) is 5.32 Å². The van der Waals surface area contributed by atoms with Crippen LogP contribution in [0.5, 0.6) is 0 Å². The summed E-state index contributed by atoms with van der Waals surface area (Å²) in [5, 5.41) is 6.74. The van der Waals surface area contributed by atoms with Gasteiger partial charge in [-0.15, -0.1) is 0 Å². The molecule has 0 fully saturated rings. The minimum atomic E-state index is -0.827. The molecule has 0 bridgehead atoms. The number of hydrogen-bond donors (Lipinski definition) is 1. The monoisotopic (exact) mass is 482 g/mol. The normalized spacial score (nSPS) is 12.0. The molecule has 0 aliphatic heterocycles. The maximum Gasteiger partial charge on any atom is 0.238 e. The Balaban J connectivity index is 1.55. The Morgan fingerprint density at radius 1 is 0.886 bits per heavy atom. The number of anilines is 1. The van der Waals surface area contributed by atoms with E-state index >= 15 is 0 Å². The van der Waals surface area contributed by atoms with Gasteiger partial charge >= 0.3 is 0 Å². The highest BCUT2D eigenvalue weighted by molar-refractivity contribution is 5.97. The number of carbonyl (C=O) groups excluding carboxylic acids is 1. The van der Waals surface area contributed by atoms with Crippen LogP contribution in [0.2, 0.25) is 0 Å². The molecule has 1 aromatic heterocycles. The molecule has 4 nitrogen and oxygen atoms in total. The molecule has 0 radical (unpaired) electrons. The van der Waals surface area contributed by atoms with E-state index in [-0.39, 0.29) is 5.69 Å². The fourth-order valence-corrected chi connectivity index (χ4v) is 4.27. The van der Waals surface area contributed by atoms with Crippen LogP contribution in [0.15, 0.2) is 59.1 Å². The summed E-state index contributed by atoms with van der Waals surface area (Å²) in [6.45, 7) is 2.24. The third-order valence-corrected chi connectivity index (χ3v) is 6.23. The number of carbonyl (C=O) groups is 1. The van der Waals surface area contributed by atoms with E-state index in [0.717, 1.165) is 37.2 Å². The summed E-state index contributed by atoms with van der Waals surface area (Å²) < 4.78 is 32.9. The van der Waals surface area contributed by atoms with Crippen LogP contribution in [0.3, 0.4) is 0 Å². The number of aryl methyl sites for hydroxylation is 1. The van der Waals surface area contributed by atoms with Gasteiger partial charge in [-0.25, -0.2) is 8.78 Å². The van der Waals surface area contributed by atoms with E-state index in [2.05, 4.69) is 17.4 Å². The number of unbranched alkanes of at least 4 members (excludes halogenated alkanes) is 9. The summed E-state index contributed by atoms with van der Waals surface area (Å²) in [6.07, 6.45) is 13.3. The van der Waals surface area contributed by atoms with Gasteiger partial charge < -0.3 is 9.84 Å². The van der Waals surface area contributed by atoms with Gasteiger partial charge in [-0.3, -0.25) is 4.79 Å². The number of aromatic nitrogens is 1. The first-order valence-electron chi connectivity index (χ1n) is 12.8. The fourth-order valence-electron chi connectivity index (χ4n) is 4.27. The van der Waals surface area contributed by atoms with Crippen molar-refractivity contribution in [1.82, 2.24) is 5.16 Å². The average molecular weight is 483 g/mol. The second kappa shape index (κ2) is 14.4. The van der Waals surface area contributed by atoms with Gasteiger partial charge in [0.2, 0.25) is 5.91 Å². The van der Waals surface area contributed by atoms with Crippen LogP contribution < -0.4 is 5.32 Å². The molecule has 6 heteroatoms. The number of benzene rings is 2. The molecule has 0 aliphatic carbocycles. The van der Waals surface area contributed by atoms with E-state index in [9.17, 15) is 13.6 Å². The number of halogens is 2. The van der Waals surface area contributed by atoms with Crippen LogP contribution in [0.1, 0.15) is 94.1 Å². The topological polar surface area (TPSA) is 55.1 Å². The van der Waals surface area contributed by atoms with E-state index in [1.54, 1.807) is 0 Å². The highest BCUT2D eigenvalue weighted by atomic mass is 19.1. The predicted molar refractivity (Wildman–Crippen MR) is 135 cm³/mol. The van der Waals surface area contributed by atoms with Crippen molar-refractivity contribution in [3.05, 3.63) is 83.2 Å². The Labute approximate surface area is 207 Å². The van der Waals surface area contributed by atoms with Crippen LogP contribution in [0.4, 0.5) is 14.5 Å². The standard InChI is InChI=1S/C29H36F2N2O2/c1-2-3-4-5-6-7-8-9-10-14-17-24-21-27(33-35-24)28(22-15-12-11-13-16-22)29(34)32-26-19-18-23(30)20-25(26)31/h11-13,15-16,18-21,28H,2-10,14,17H2,1H3,(H,32,34)/t28-/m0/s1. The van der Waals surface area contributed by atoms with Crippen molar-refractivity contribution >= 4 is 11.6 Å². The Morgan fingerprint density at radius 3 is 2.20 bits per heavy atom. The zero-order valence-electron chi connectivity index (χ0n) is 20.6. The lowest BCUT2D eigenvalue weighted by Gasteiger charge is -2.15. The number of hydrogen-bond acceptors (Lipinski definition) is 3. The van der Waals surface area contributed by atoms with Crippen molar-refractivity contribution in [2.24, 2.45) is 0 Å². The minimum absolute atomic E-state index is 0.0774. The van der Waals surface area contributed by atoms with Crippen molar-refractivity contribution in [3.63, 3.8) is 0 Å². The molecule has 1 N–H and O–H groups in total. The van der Waals surface area contributed by atoms with Gasteiger partial charge in [0.15, 0.2) is 0 Å². The maximum atomic E-state index is 14.1. The zero-order chi connectivity index (χ0) is 24.9. The highest BCUT2D eigenvalue weighted by Crippen LogP contribution is 2.27. The van der Waals surface area contributed by atoms with Gasteiger partial charge in [0.05, 0.1) is 5.69 Å². The quantitative estimate of drug-likeness (QED) is 0.222. The molecule has 188 valence electrons. The summed E-state index contributed by atoms with van der Waals surface area (Å²) >= 11 is 0. The first-order chi connectivity index (χ1) is 17.1. The largest absolute Gasteiger partial charge is 0.361 e. The van der Waals surface area contributed by atoms with Crippen molar-refractivity contribution < 1.29 is 18.1 Å². The van der Waals surface area contributed by atoms with Crippen LogP contribution in [0.25, 0.3) is 0 Å².